The lowest BCUT2D eigenvalue weighted by Gasteiger charge is -2.28. The molecule has 5 rings (SSSR count). The highest BCUT2D eigenvalue weighted by Crippen LogP contribution is 2.24. The summed E-state index contributed by atoms with van der Waals surface area (Å²) in [6.07, 6.45) is -0.0109. The minimum atomic E-state index is -0.424. The van der Waals surface area contributed by atoms with Crippen LogP contribution in [0, 0.1) is 11.3 Å². The van der Waals surface area contributed by atoms with Gasteiger partial charge in [0.05, 0.1) is 29.6 Å². The summed E-state index contributed by atoms with van der Waals surface area (Å²) in [6.45, 7) is 4.69. The molecule has 1 aliphatic rings. The molecule has 0 aliphatic carbocycles. The molecular formula is C31H28BrN5O4. The third-order valence-corrected chi connectivity index (χ3v) is 7.47. The van der Waals surface area contributed by atoms with Gasteiger partial charge in [0, 0.05) is 29.7 Å². The Morgan fingerprint density at radius 1 is 1.05 bits per heavy atom. The maximum absolute atomic E-state index is 13.7. The second kappa shape index (κ2) is 11.9. The summed E-state index contributed by atoms with van der Waals surface area (Å²) in [5.74, 6) is -0.0583. The number of nitrogens with one attached hydrogen (secondary N) is 1. The summed E-state index contributed by atoms with van der Waals surface area (Å²) >= 11 is 3.32. The van der Waals surface area contributed by atoms with Crippen LogP contribution in [0.25, 0.3) is 5.69 Å². The Kier molecular flexibility index (Phi) is 8.08. The van der Waals surface area contributed by atoms with Crippen LogP contribution in [0.4, 0.5) is 0 Å². The summed E-state index contributed by atoms with van der Waals surface area (Å²) in [5, 5.41) is 12.3. The molecule has 2 amide bonds. The first-order valence-electron chi connectivity index (χ1n) is 13.2. The van der Waals surface area contributed by atoms with Crippen molar-refractivity contribution in [1.82, 2.24) is 19.4 Å². The third kappa shape index (κ3) is 5.81. The molecule has 0 fully saturated rings. The van der Waals surface area contributed by atoms with Gasteiger partial charge in [0.25, 0.3) is 11.8 Å². The number of hydrogen-bond acceptors (Lipinski definition) is 5. The topological polar surface area (TPSA) is 109 Å². The molecule has 0 unspecified atom stereocenters. The van der Waals surface area contributed by atoms with Crippen molar-refractivity contribution < 1.29 is 14.3 Å². The van der Waals surface area contributed by atoms with Crippen LogP contribution in [0.2, 0.25) is 0 Å². The van der Waals surface area contributed by atoms with Gasteiger partial charge in [0.1, 0.15) is 17.5 Å². The number of aromatic nitrogens is 2. The monoisotopic (exact) mass is 613 g/mol. The van der Waals surface area contributed by atoms with E-state index in [1.165, 1.54) is 10.6 Å². The number of rotatable bonds is 7. The maximum atomic E-state index is 13.7. The van der Waals surface area contributed by atoms with E-state index in [4.69, 9.17) is 4.74 Å². The Morgan fingerprint density at radius 2 is 1.78 bits per heavy atom. The Balaban J connectivity index is 1.53. The highest BCUT2D eigenvalue weighted by Gasteiger charge is 2.32. The van der Waals surface area contributed by atoms with Crippen molar-refractivity contribution in [1.29, 1.82) is 5.26 Å². The molecule has 1 aliphatic heterocycles. The van der Waals surface area contributed by atoms with Gasteiger partial charge in [0.15, 0.2) is 0 Å². The van der Waals surface area contributed by atoms with Gasteiger partial charge in [-0.05, 0) is 77.8 Å². The number of fused-ring (bicyclic) bond motifs is 1. The van der Waals surface area contributed by atoms with E-state index >= 15 is 0 Å². The SMILES string of the molecule is CC(C)Oc1ccc(-n2c(C(=O)NCc3ccccc3)c3n(c2=O)CCN(C(=O)c2ccc(Br)c(C#N)c2)C3)cc1. The largest absolute Gasteiger partial charge is 0.491 e. The molecule has 0 radical (unpaired) electrons. The smallest absolute Gasteiger partial charge is 0.333 e. The summed E-state index contributed by atoms with van der Waals surface area (Å²) in [4.78, 5) is 42.5. The first kappa shape index (κ1) is 27.9. The van der Waals surface area contributed by atoms with Crippen LogP contribution in [-0.4, -0.2) is 38.5 Å². The number of carbonyl (C=O) groups excluding carboxylic acids is 2. The quantitative estimate of drug-likeness (QED) is 0.326. The minimum absolute atomic E-state index is 0.0109. The van der Waals surface area contributed by atoms with Gasteiger partial charge in [-0.3, -0.25) is 18.7 Å². The van der Waals surface area contributed by atoms with Crippen molar-refractivity contribution in [2.24, 2.45) is 0 Å². The fraction of sp³-hybridized carbons (Fsp3) is 0.226. The molecule has 10 heteroatoms. The average Bonchev–Trinajstić information content (AvgIpc) is 3.28. The van der Waals surface area contributed by atoms with Gasteiger partial charge in [-0.2, -0.15) is 5.26 Å². The van der Waals surface area contributed by atoms with E-state index in [2.05, 4.69) is 27.3 Å². The standard InChI is InChI=1S/C31H28BrN5O4/c1-20(2)41-25-11-9-24(10-12-25)37-28(29(38)34-18-21-6-4-3-5-7-21)27-19-35(14-15-36(27)31(37)40)30(39)22-8-13-26(32)23(16-22)17-33/h3-13,16,20H,14-15,18-19H2,1-2H3,(H,34,38). The molecule has 0 saturated heterocycles. The molecule has 0 bridgehead atoms. The molecule has 2 heterocycles. The molecule has 3 aromatic carbocycles. The molecular weight excluding hydrogens is 586 g/mol. The zero-order valence-corrected chi connectivity index (χ0v) is 24.2. The van der Waals surface area contributed by atoms with Crippen LogP contribution >= 0.6 is 15.9 Å². The van der Waals surface area contributed by atoms with Crippen LogP contribution in [-0.2, 0) is 19.6 Å². The van der Waals surface area contributed by atoms with E-state index < -0.39 is 5.91 Å². The Labute approximate surface area is 245 Å². The van der Waals surface area contributed by atoms with E-state index in [-0.39, 0.29) is 49.6 Å². The number of hydrogen-bond donors (Lipinski definition) is 1. The number of amides is 2. The molecule has 9 nitrogen and oxygen atoms in total. The fourth-order valence-corrected chi connectivity index (χ4v) is 5.18. The summed E-state index contributed by atoms with van der Waals surface area (Å²) in [6, 6.07) is 23.4. The van der Waals surface area contributed by atoms with E-state index in [1.54, 1.807) is 45.9 Å². The predicted octanol–water partition coefficient (Wildman–Crippen LogP) is 4.65. The average molecular weight is 615 g/mol. The van der Waals surface area contributed by atoms with Crippen molar-refractivity contribution in [3.05, 3.63) is 116 Å². The zero-order chi connectivity index (χ0) is 29.1. The Bertz CT molecular complexity index is 1700. The predicted molar refractivity (Wildman–Crippen MR) is 157 cm³/mol. The number of nitrogens with zero attached hydrogens (tertiary/aromatic N) is 4. The summed E-state index contributed by atoms with van der Waals surface area (Å²) < 4.78 is 9.31. The van der Waals surface area contributed by atoms with Crippen LogP contribution in [0.3, 0.4) is 0 Å². The van der Waals surface area contributed by atoms with Gasteiger partial charge < -0.3 is 15.0 Å². The van der Waals surface area contributed by atoms with Crippen molar-refractivity contribution in [3.63, 3.8) is 0 Å². The summed E-state index contributed by atoms with van der Waals surface area (Å²) in [7, 11) is 0. The van der Waals surface area contributed by atoms with Crippen LogP contribution < -0.4 is 15.7 Å². The Hall–Kier alpha value is -4.62. The lowest BCUT2D eigenvalue weighted by Crippen LogP contribution is -2.41. The highest BCUT2D eigenvalue weighted by atomic mass is 79.9. The van der Waals surface area contributed by atoms with Gasteiger partial charge >= 0.3 is 5.69 Å². The van der Waals surface area contributed by atoms with Crippen molar-refractivity contribution in [3.8, 4) is 17.5 Å². The maximum Gasteiger partial charge on any atom is 0.333 e. The number of benzene rings is 3. The lowest BCUT2D eigenvalue weighted by atomic mass is 10.1. The first-order chi connectivity index (χ1) is 19.8. The number of ether oxygens (including phenoxy) is 1. The molecule has 1 N–H and O–H groups in total. The summed E-state index contributed by atoms with van der Waals surface area (Å²) in [5.41, 5.74) is 2.40. The van der Waals surface area contributed by atoms with Crippen molar-refractivity contribution in [2.75, 3.05) is 6.54 Å². The van der Waals surface area contributed by atoms with Gasteiger partial charge in [-0.15, -0.1) is 0 Å². The number of nitriles is 1. The molecule has 208 valence electrons. The molecule has 0 atom stereocenters. The molecule has 0 saturated carbocycles. The second-order valence-corrected chi connectivity index (χ2v) is 10.8. The molecule has 41 heavy (non-hydrogen) atoms. The normalized spacial score (nSPS) is 12.5. The van der Waals surface area contributed by atoms with E-state index in [9.17, 15) is 19.6 Å². The number of imidazole rings is 1. The van der Waals surface area contributed by atoms with Crippen LogP contribution in [0.5, 0.6) is 5.75 Å². The molecule has 1 aromatic heterocycles. The first-order valence-corrected chi connectivity index (χ1v) is 14.0. The van der Waals surface area contributed by atoms with Gasteiger partial charge in [0.2, 0.25) is 0 Å². The third-order valence-electron chi connectivity index (χ3n) is 6.78. The molecule has 4 aromatic rings. The lowest BCUT2D eigenvalue weighted by molar-refractivity contribution is 0.0706. The van der Waals surface area contributed by atoms with Crippen molar-refractivity contribution in [2.45, 2.75) is 39.6 Å². The minimum Gasteiger partial charge on any atom is -0.491 e. The zero-order valence-electron chi connectivity index (χ0n) is 22.6. The number of carbonyl (C=O) groups is 2. The van der Waals surface area contributed by atoms with Gasteiger partial charge in [-0.1, -0.05) is 30.3 Å². The number of halogens is 1. The highest BCUT2D eigenvalue weighted by molar-refractivity contribution is 9.10. The van der Waals surface area contributed by atoms with Gasteiger partial charge in [-0.25, -0.2) is 4.79 Å². The van der Waals surface area contributed by atoms with Crippen LogP contribution in [0.1, 0.15) is 51.5 Å². The fourth-order valence-electron chi connectivity index (χ4n) is 4.84. The van der Waals surface area contributed by atoms with Crippen molar-refractivity contribution >= 4 is 27.7 Å². The van der Waals surface area contributed by atoms with Crippen LogP contribution in [0.15, 0.2) is 82.1 Å². The van der Waals surface area contributed by atoms with E-state index in [1.807, 2.05) is 44.2 Å². The Morgan fingerprint density at radius 3 is 2.46 bits per heavy atom. The second-order valence-electron chi connectivity index (χ2n) is 9.93. The van der Waals surface area contributed by atoms with E-state index in [0.717, 1.165) is 5.56 Å². The molecule has 0 spiro atoms. The van der Waals surface area contributed by atoms with E-state index in [0.29, 0.717) is 32.7 Å².